The number of aryl methyl sites for hydroxylation is 1. The van der Waals surface area contributed by atoms with Gasteiger partial charge in [-0.1, -0.05) is 30.3 Å². The molecular weight excluding hydrogens is 302 g/mol. The maximum absolute atomic E-state index is 12.3. The molecule has 2 rings (SSSR count). The lowest BCUT2D eigenvalue weighted by Gasteiger charge is -2.17. The lowest BCUT2D eigenvalue weighted by molar-refractivity contribution is 0.0713. The molecule has 0 saturated heterocycles. The van der Waals surface area contributed by atoms with E-state index in [0.29, 0.717) is 17.5 Å². The van der Waals surface area contributed by atoms with Gasteiger partial charge in [-0.15, -0.1) is 0 Å². The Morgan fingerprint density at radius 1 is 1.12 bits per heavy atom. The molecule has 2 aromatic carbocycles. The van der Waals surface area contributed by atoms with Crippen LogP contribution in [-0.4, -0.2) is 21.7 Å². The summed E-state index contributed by atoms with van der Waals surface area (Å²) in [5.74, 6) is -0.00735. The highest BCUT2D eigenvalue weighted by Gasteiger charge is 2.15. The van der Waals surface area contributed by atoms with Crippen molar-refractivity contribution in [1.29, 1.82) is 0 Å². The summed E-state index contributed by atoms with van der Waals surface area (Å²) in [7, 11) is 0. The average molecular weight is 327 g/mol. The number of phenols is 1. The van der Waals surface area contributed by atoms with Crippen LogP contribution >= 0.6 is 0 Å². The summed E-state index contributed by atoms with van der Waals surface area (Å²) < 4.78 is 0. The van der Waals surface area contributed by atoms with Crippen LogP contribution in [0, 0.1) is 0 Å². The summed E-state index contributed by atoms with van der Waals surface area (Å²) >= 11 is 0. The van der Waals surface area contributed by atoms with E-state index in [9.17, 15) is 15.0 Å². The number of carbonyl (C=O) groups excluding carboxylic acids is 1. The Morgan fingerprint density at radius 3 is 2.33 bits per heavy atom. The van der Waals surface area contributed by atoms with Gasteiger partial charge in [0.1, 0.15) is 5.75 Å². The molecule has 0 bridgehead atoms. The van der Waals surface area contributed by atoms with Gasteiger partial charge in [-0.25, -0.2) is 0 Å². The molecule has 1 unspecified atom stereocenters. The zero-order valence-electron chi connectivity index (χ0n) is 14.4. The van der Waals surface area contributed by atoms with E-state index in [1.165, 1.54) is 0 Å². The zero-order valence-corrected chi connectivity index (χ0v) is 14.4. The maximum Gasteiger partial charge on any atom is 0.251 e. The minimum Gasteiger partial charge on any atom is -0.508 e. The molecular formula is C20H25NO3. The van der Waals surface area contributed by atoms with Crippen LogP contribution in [-0.2, 0) is 6.42 Å². The minimum atomic E-state index is -0.691. The lowest BCUT2D eigenvalue weighted by atomic mass is 9.98. The van der Waals surface area contributed by atoms with E-state index in [4.69, 9.17) is 0 Å². The second kappa shape index (κ2) is 7.49. The fourth-order valence-corrected chi connectivity index (χ4v) is 2.48. The summed E-state index contributed by atoms with van der Waals surface area (Å²) in [6, 6.07) is 14.1. The predicted molar refractivity (Wildman–Crippen MR) is 95.0 cm³/mol. The number of phenolic OH excluding ortho intramolecular Hbond substituents is 1. The SMILES string of the molecule is CC(NC(=O)c1ccc(CCC(C)(C)O)cc1)c1ccccc1O. The van der Waals surface area contributed by atoms with Crippen LogP contribution in [0.3, 0.4) is 0 Å². The van der Waals surface area contributed by atoms with Gasteiger partial charge in [0.2, 0.25) is 0 Å². The molecule has 0 radical (unpaired) electrons. The molecule has 0 spiro atoms. The number of carbonyl (C=O) groups is 1. The number of rotatable bonds is 6. The predicted octanol–water partition coefficient (Wildman–Crippen LogP) is 3.59. The third-order valence-electron chi connectivity index (χ3n) is 3.99. The smallest absolute Gasteiger partial charge is 0.251 e. The molecule has 0 aliphatic rings. The van der Waals surface area contributed by atoms with Crippen molar-refractivity contribution in [2.24, 2.45) is 0 Å². The van der Waals surface area contributed by atoms with Gasteiger partial charge < -0.3 is 15.5 Å². The molecule has 1 amide bonds. The zero-order chi connectivity index (χ0) is 17.7. The first-order chi connectivity index (χ1) is 11.3. The largest absolute Gasteiger partial charge is 0.508 e. The van der Waals surface area contributed by atoms with Crippen LogP contribution in [0.25, 0.3) is 0 Å². The first-order valence-electron chi connectivity index (χ1n) is 8.16. The van der Waals surface area contributed by atoms with E-state index in [1.54, 1.807) is 44.2 Å². The molecule has 4 heteroatoms. The number of aliphatic hydroxyl groups is 1. The fourth-order valence-electron chi connectivity index (χ4n) is 2.48. The van der Waals surface area contributed by atoms with Crippen molar-refractivity contribution in [2.75, 3.05) is 0 Å². The van der Waals surface area contributed by atoms with Gasteiger partial charge in [0.15, 0.2) is 0 Å². The second-order valence-electron chi connectivity index (χ2n) is 6.76. The number of para-hydroxylation sites is 1. The Bertz CT molecular complexity index is 687. The number of aromatic hydroxyl groups is 1. The molecule has 0 saturated carbocycles. The van der Waals surface area contributed by atoms with Crippen molar-refractivity contribution in [3.05, 3.63) is 65.2 Å². The van der Waals surface area contributed by atoms with Gasteiger partial charge >= 0.3 is 0 Å². The van der Waals surface area contributed by atoms with Crippen molar-refractivity contribution in [1.82, 2.24) is 5.32 Å². The van der Waals surface area contributed by atoms with Gasteiger partial charge in [0, 0.05) is 11.1 Å². The van der Waals surface area contributed by atoms with Crippen molar-refractivity contribution in [2.45, 2.75) is 45.3 Å². The summed E-state index contributed by atoms with van der Waals surface area (Å²) in [5.41, 5.74) is 1.66. The Kier molecular flexibility index (Phi) is 5.62. The van der Waals surface area contributed by atoms with Crippen LogP contribution in [0.5, 0.6) is 5.75 Å². The number of hydrogen-bond acceptors (Lipinski definition) is 3. The molecule has 4 nitrogen and oxygen atoms in total. The highest BCUT2D eigenvalue weighted by Crippen LogP contribution is 2.23. The monoisotopic (exact) mass is 327 g/mol. The molecule has 24 heavy (non-hydrogen) atoms. The average Bonchev–Trinajstić information content (AvgIpc) is 2.53. The normalized spacial score (nSPS) is 12.7. The molecule has 0 aliphatic heterocycles. The lowest BCUT2D eigenvalue weighted by Crippen LogP contribution is -2.26. The Labute approximate surface area is 143 Å². The van der Waals surface area contributed by atoms with Gasteiger partial charge in [0.25, 0.3) is 5.91 Å². The highest BCUT2D eigenvalue weighted by atomic mass is 16.3. The van der Waals surface area contributed by atoms with Crippen molar-refractivity contribution in [3.63, 3.8) is 0 Å². The molecule has 3 N–H and O–H groups in total. The first kappa shape index (κ1) is 18.0. The third kappa shape index (κ3) is 5.10. The van der Waals surface area contributed by atoms with Crippen LogP contribution in [0.2, 0.25) is 0 Å². The topological polar surface area (TPSA) is 69.6 Å². The van der Waals surface area contributed by atoms with Gasteiger partial charge in [0.05, 0.1) is 11.6 Å². The van der Waals surface area contributed by atoms with Crippen molar-refractivity contribution >= 4 is 5.91 Å². The molecule has 0 fully saturated rings. The molecule has 0 aromatic heterocycles. The second-order valence-corrected chi connectivity index (χ2v) is 6.76. The van der Waals surface area contributed by atoms with Crippen LogP contribution in [0.15, 0.2) is 48.5 Å². The van der Waals surface area contributed by atoms with Gasteiger partial charge in [-0.3, -0.25) is 4.79 Å². The van der Waals surface area contributed by atoms with E-state index in [1.807, 2.05) is 25.1 Å². The summed E-state index contributed by atoms with van der Waals surface area (Å²) in [4.78, 5) is 12.3. The van der Waals surface area contributed by atoms with Crippen molar-refractivity contribution in [3.8, 4) is 5.75 Å². The van der Waals surface area contributed by atoms with Crippen LogP contribution in [0.4, 0.5) is 0 Å². The molecule has 128 valence electrons. The van der Waals surface area contributed by atoms with E-state index in [2.05, 4.69) is 5.32 Å². The highest BCUT2D eigenvalue weighted by molar-refractivity contribution is 5.94. The van der Waals surface area contributed by atoms with E-state index < -0.39 is 5.60 Å². The molecule has 0 aliphatic carbocycles. The van der Waals surface area contributed by atoms with Gasteiger partial charge in [-0.05, 0) is 57.4 Å². The third-order valence-corrected chi connectivity index (χ3v) is 3.99. The molecule has 2 aromatic rings. The first-order valence-corrected chi connectivity index (χ1v) is 8.16. The van der Waals surface area contributed by atoms with E-state index >= 15 is 0 Å². The van der Waals surface area contributed by atoms with E-state index in [-0.39, 0.29) is 17.7 Å². The molecule has 0 heterocycles. The standard InChI is InChI=1S/C20H25NO3/c1-14(17-6-4-5-7-18(17)22)21-19(23)16-10-8-15(9-11-16)12-13-20(2,3)24/h4-11,14,22,24H,12-13H2,1-3H3,(H,21,23). The number of hydrogen-bond donors (Lipinski definition) is 3. The maximum atomic E-state index is 12.3. The summed E-state index contributed by atoms with van der Waals surface area (Å²) in [6.45, 7) is 5.41. The fraction of sp³-hybridized carbons (Fsp3) is 0.350. The molecule has 1 atom stereocenters. The van der Waals surface area contributed by atoms with Gasteiger partial charge in [-0.2, -0.15) is 0 Å². The van der Waals surface area contributed by atoms with E-state index in [0.717, 1.165) is 12.0 Å². The summed E-state index contributed by atoms with van der Waals surface area (Å²) in [6.07, 6.45) is 1.43. The number of nitrogens with one attached hydrogen (secondary N) is 1. The summed E-state index contributed by atoms with van der Waals surface area (Å²) in [5, 5.41) is 22.5. The minimum absolute atomic E-state index is 0.173. The Morgan fingerprint density at radius 2 is 1.75 bits per heavy atom. The van der Waals surface area contributed by atoms with Crippen molar-refractivity contribution < 1.29 is 15.0 Å². The quantitative estimate of drug-likeness (QED) is 0.759. The van der Waals surface area contributed by atoms with Crippen LogP contribution < -0.4 is 5.32 Å². The Hall–Kier alpha value is -2.33. The van der Waals surface area contributed by atoms with Crippen LogP contribution in [0.1, 0.15) is 54.7 Å². The number of benzene rings is 2. The number of amides is 1. The Balaban J connectivity index is 1.99.